The van der Waals surface area contributed by atoms with Gasteiger partial charge < -0.3 is 10.4 Å². The van der Waals surface area contributed by atoms with E-state index < -0.39 is 11.3 Å². The molecule has 0 saturated carbocycles. The van der Waals surface area contributed by atoms with Gasteiger partial charge in [0.1, 0.15) is 0 Å². The van der Waals surface area contributed by atoms with Gasteiger partial charge in [-0.25, -0.2) is 4.79 Å². The summed E-state index contributed by atoms with van der Waals surface area (Å²) in [5, 5.41) is 9.82. The maximum atomic E-state index is 10.3. The first-order chi connectivity index (χ1) is 4.57. The molecule has 58 valence electrons. The molecule has 0 bridgehead atoms. The lowest BCUT2D eigenvalue weighted by molar-refractivity contribution is -0.138. The van der Waals surface area contributed by atoms with Crippen LogP contribution in [0, 0.1) is 0 Å². The molecule has 0 aromatic carbocycles. The minimum Gasteiger partial charge on any atom is -0.479 e. The molecule has 0 spiro atoms. The molecule has 0 fully saturated rings. The Hall–Kier alpha value is -0.710. The van der Waals surface area contributed by atoms with Gasteiger partial charge in [-0.05, 0) is 6.26 Å². The highest BCUT2D eigenvalue weighted by Gasteiger charge is 2.15. The molecular formula is C5H9NO3S. The predicted octanol–water partition coefficient (Wildman–Crippen LogP) is -0.104. The first kappa shape index (κ1) is 9.29. The zero-order valence-corrected chi connectivity index (χ0v) is 6.57. The Labute approximate surface area is 63.0 Å². The summed E-state index contributed by atoms with van der Waals surface area (Å²) in [7, 11) is 0. The highest BCUT2D eigenvalue weighted by atomic mass is 32.2. The summed E-state index contributed by atoms with van der Waals surface area (Å²) in [6.45, 7) is 1.28. The summed E-state index contributed by atoms with van der Waals surface area (Å²) in [6, 6.07) is 0. The Kier molecular flexibility index (Phi) is 3.87. The minimum absolute atomic E-state index is 0.332. The van der Waals surface area contributed by atoms with Crippen molar-refractivity contribution >= 4 is 23.6 Å². The second-order valence-corrected chi connectivity index (χ2v) is 2.60. The minimum atomic E-state index is -1.03. The zero-order chi connectivity index (χ0) is 8.15. The van der Waals surface area contributed by atoms with Gasteiger partial charge in [-0.2, -0.15) is 0 Å². The summed E-state index contributed by atoms with van der Waals surface area (Å²) in [5.41, 5.74) is 0. The number of thioether (sulfide) groups is 1. The Morgan fingerprint density at radius 3 is 2.20 bits per heavy atom. The lowest BCUT2D eigenvalue weighted by atomic mass is 10.6. The lowest BCUT2D eigenvalue weighted by Gasteiger charge is -2.08. The molecule has 0 aromatic heterocycles. The first-order valence-corrected chi connectivity index (χ1v) is 3.89. The van der Waals surface area contributed by atoms with Gasteiger partial charge in [0.25, 0.3) is 0 Å². The van der Waals surface area contributed by atoms with Crippen LogP contribution in [0.5, 0.6) is 0 Å². The number of nitrogens with one attached hydrogen (secondary N) is 1. The van der Waals surface area contributed by atoms with Crippen LogP contribution in [0.4, 0.5) is 0 Å². The fourth-order valence-corrected chi connectivity index (χ4v) is 0.892. The number of hydrogen-bond donors (Lipinski definition) is 2. The molecule has 1 amide bonds. The Morgan fingerprint density at radius 1 is 1.60 bits per heavy atom. The van der Waals surface area contributed by atoms with E-state index in [1.54, 1.807) is 6.26 Å². The second-order valence-electron chi connectivity index (χ2n) is 1.65. The first-order valence-electron chi connectivity index (χ1n) is 2.60. The molecular weight excluding hydrogens is 154 g/mol. The summed E-state index contributed by atoms with van der Waals surface area (Å²) >= 11 is 1.07. The summed E-state index contributed by atoms with van der Waals surface area (Å²) < 4.78 is 0. The highest BCUT2D eigenvalue weighted by Crippen LogP contribution is 2.01. The third kappa shape index (κ3) is 3.34. The second kappa shape index (κ2) is 4.16. The maximum absolute atomic E-state index is 10.3. The van der Waals surface area contributed by atoms with Crippen LogP contribution in [0.1, 0.15) is 6.92 Å². The predicted molar refractivity (Wildman–Crippen MR) is 38.8 cm³/mol. The molecule has 0 aliphatic rings. The largest absolute Gasteiger partial charge is 0.479 e. The van der Waals surface area contributed by atoms with Crippen molar-refractivity contribution in [2.45, 2.75) is 12.3 Å². The molecule has 10 heavy (non-hydrogen) atoms. The monoisotopic (exact) mass is 163 g/mol. The van der Waals surface area contributed by atoms with E-state index in [0.717, 1.165) is 11.8 Å². The molecule has 1 unspecified atom stereocenters. The number of carbonyl (C=O) groups excluding carboxylic acids is 1. The van der Waals surface area contributed by atoms with Crippen molar-refractivity contribution < 1.29 is 14.7 Å². The van der Waals surface area contributed by atoms with Crippen molar-refractivity contribution in [3.05, 3.63) is 0 Å². The van der Waals surface area contributed by atoms with E-state index in [0.29, 0.717) is 0 Å². The van der Waals surface area contributed by atoms with Gasteiger partial charge in [0, 0.05) is 6.92 Å². The maximum Gasteiger partial charge on any atom is 0.336 e. The van der Waals surface area contributed by atoms with Crippen LogP contribution in [0.2, 0.25) is 0 Å². The van der Waals surface area contributed by atoms with Crippen LogP contribution in [-0.2, 0) is 9.59 Å². The van der Waals surface area contributed by atoms with Gasteiger partial charge in [0.05, 0.1) is 0 Å². The summed E-state index contributed by atoms with van der Waals surface area (Å²) in [5.74, 6) is -1.36. The van der Waals surface area contributed by atoms with Gasteiger partial charge >= 0.3 is 5.97 Å². The van der Waals surface area contributed by atoms with Gasteiger partial charge in [0.2, 0.25) is 5.91 Å². The number of aliphatic carboxylic acids is 1. The van der Waals surface area contributed by atoms with E-state index in [4.69, 9.17) is 5.11 Å². The number of rotatable bonds is 3. The van der Waals surface area contributed by atoms with Gasteiger partial charge in [-0.3, -0.25) is 4.79 Å². The molecule has 0 radical (unpaired) electrons. The lowest BCUT2D eigenvalue weighted by Crippen LogP contribution is -2.36. The fourth-order valence-electron chi connectivity index (χ4n) is 0.406. The third-order valence-electron chi connectivity index (χ3n) is 0.794. The molecule has 0 heterocycles. The molecule has 0 saturated heterocycles. The number of amides is 1. The number of hydrogen-bond acceptors (Lipinski definition) is 3. The van der Waals surface area contributed by atoms with Gasteiger partial charge in [-0.1, -0.05) is 0 Å². The van der Waals surface area contributed by atoms with E-state index in [1.807, 2.05) is 0 Å². The molecule has 0 rings (SSSR count). The average Bonchev–Trinajstić information content (AvgIpc) is 1.81. The fraction of sp³-hybridized carbons (Fsp3) is 0.600. The molecule has 0 aliphatic carbocycles. The van der Waals surface area contributed by atoms with E-state index in [-0.39, 0.29) is 5.91 Å². The van der Waals surface area contributed by atoms with Gasteiger partial charge in [0.15, 0.2) is 5.37 Å². The quantitative estimate of drug-likeness (QED) is 0.570. The van der Waals surface area contributed by atoms with E-state index in [2.05, 4.69) is 5.32 Å². The van der Waals surface area contributed by atoms with Crippen molar-refractivity contribution in [2.24, 2.45) is 0 Å². The van der Waals surface area contributed by atoms with E-state index >= 15 is 0 Å². The van der Waals surface area contributed by atoms with E-state index in [1.165, 1.54) is 6.92 Å². The average molecular weight is 163 g/mol. The van der Waals surface area contributed by atoms with Crippen LogP contribution < -0.4 is 5.32 Å². The topological polar surface area (TPSA) is 66.4 Å². The summed E-state index contributed by atoms with van der Waals surface area (Å²) in [4.78, 5) is 20.6. The Balaban J connectivity index is 3.83. The smallest absolute Gasteiger partial charge is 0.336 e. The van der Waals surface area contributed by atoms with Gasteiger partial charge in [-0.15, -0.1) is 11.8 Å². The third-order valence-corrected chi connectivity index (χ3v) is 1.59. The van der Waals surface area contributed by atoms with Crippen LogP contribution in [0.15, 0.2) is 0 Å². The Bertz CT molecular complexity index is 148. The zero-order valence-electron chi connectivity index (χ0n) is 5.75. The van der Waals surface area contributed by atoms with Crippen molar-refractivity contribution in [3.8, 4) is 0 Å². The van der Waals surface area contributed by atoms with Crippen molar-refractivity contribution in [2.75, 3.05) is 6.26 Å². The molecule has 1 atom stereocenters. The number of carboxylic acids is 1. The summed E-state index contributed by atoms with van der Waals surface area (Å²) in [6.07, 6.45) is 1.62. The number of carbonyl (C=O) groups is 2. The normalized spacial score (nSPS) is 12.2. The van der Waals surface area contributed by atoms with E-state index in [9.17, 15) is 9.59 Å². The molecule has 4 nitrogen and oxygen atoms in total. The molecule has 0 aliphatic heterocycles. The Morgan fingerprint density at radius 2 is 2.10 bits per heavy atom. The molecule has 5 heteroatoms. The molecule has 0 aromatic rings. The number of carboxylic acid groups (broad SMARTS) is 1. The van der Waals surface area contributed by atoms with Crippen LogP contribution in [-0.4, -0.2) is 28.6 Å². The van der Waals surface area contributed by atoms with Crippen molar-refractivity contribution in [1.29, 1.82) is 0 Å². The highest BCUT2D eigenvalue weighted by molar-refractivity contribution is 7.99. The molecule has 2 N–H and O–H groups in total. The standard InChI is InChI=1S/C5H9NO3S/c1-3(7)6-4(10-2)5(8)9/h4H,1-2H3,(H,6,7)(H,8,9). The van der Waals surface area contributed by atoms with Crippen molar-refractivity contribution in [1.82, 2.24) is 5.32 Å². The van der Waals surface area contributed by atoms with Crippen LogP contribution in [0.25, 0.3) is 0 Å². The SMILES string of the molecule is CSC(NC(C)=O)C(=O)O. The van der Waals surface area contributed by atoms with Crippen LogP contribution in [0.3, 0.4) is 0 Å². The van der Waals surface area contributed by atoms with Crippen molar-refractivity contribution in [3.63, 3.8) is 0 Å². The van der Waals surface area contributed by atoms with Crippen LogP contribution >= 0.6 is 11.8 Å².